The van der Waals surface area contributed by atoms with Gasteiger partial charge in [0.05, 0.1) is 0 Å². The van der Waals surface area contributed by atoms with E-state index in [1.807, 2.05) is 6.07 Å². The Morgan fingerprint density at radius 3 is 2.95 bits per heavy atom. The lowest BCUT2D eigenvalue weighted by Crippen LogP contribution is -2.32. The molecule has 0 amide bonds. The molecule has 1 heterocycles. The maximum atomic E-state index is 13.6. The van der Waals surface area contributed by atoms with E-state index in [-0.39, 0.29) is 10.8 Å². The highest BCUT2D eigenvalue weighted by atomic mass is 32.1. The number of likely N-dealkylation sites (tertiary alicyclic amines) is 1. The van der Waals surface area contributed by atoms with Gasteiger partial charge in [0.2, 0.25) is 0 Å². The van der Waals surface area contributed by atoms with Gasteiger partial charge in [-0.1, -0.05) is 31.1 Å². The van der Waals surface area contributed by atoms with Crippen LogP contribution in [-0.2, 0) is 6.54 Å². The predicted molar refractivity (Wildman–Crippen MR) is 80.6 cm³/mol. The molecule has 2 N–H and O–H groups in total. The molecule has 1 saturated heterocycles. The molecule has 1 aliphatic heterocycles. The van der Waals surface area contributed by atoms with Gasteiger partial charge in [-0.2, -0.15) is 0 Å². The molecule has 0 aliphatic carbocycles. The van der Waals surface area contributed by atoms with Gasteiger partial charge in [-0.25, -0.2) is 4.39 Å². The van der Waals surface area contributed by atoms with Crippen LogP contribution < -0.4 is 5.73 Å². The van der Waals surface area contributed by atoms with E-state index in [2.05, 4.69) is 11.8 Å². The molecule has 1 aromatic rings. The van der Waals surface area contributed by atoms with Crippen LogP contribution in [0.25, 0.3) is 0 Å². The first-order valence-electron chi connectivity index (χ1n) is 6.90. The summed E-state index contributed by atoms with van der Waals surface area (Å²) < 4.78 is 13.6. The first-order valence-corrected chi connectivity index (χ1v) is 7.31. The fourth-order valence-electron chi connectivity index (χ4n) is 2.66. The van der Waals surface area contributed by atoms with Gasteiger partial charge < -0.3 is 5.73 Å². The maximum absolute atomic E-state index is 13.6. The van der Waals surface area contributed by atoms with Crippen molar-refractivity contribution in [3.8, 4) is 0 Å². The van der Waals surface area contributed by atoms with E-state index >= 15 is 0 Å². The summed E-state index contributed by atoms with van der Waals surface area (Å²) in [6, 6.07) is 5.66. The summed E-state index contributed by atoms with van der Waals surface area (Å²) in [6.45, 7) is 4.22. The maximum Gasteiger partial charge on any atom is 0.133 e. The molecular formula is C15H21FN2S. The number of hydrogen-bond donors (Lipinski definition) is 1. The third kappa shape index (κ3) is 3.74. The van der Waals surface area contributed by atoms with Gasteiger partial charge in [0.15, 0.2) is 0 Å². The molecule has 1 aromatic carbocycles. The van der Waals surface area contributed by atoms with Crippen molar-refractivity contribution in [3.05, 3.63) is 35.1 Å². The molecule has 4 heteroatoms. The lowest BCUT2D eigenvalue weighted by atomic mass is 10.1. The van der Waals surface area contributed by atoms with Crippen molar-refractivity contribution in [2.75, 3.05) is 6.54 Å². The van der Waals surface area contributed by atoms with Crippen LogP contribution in [0.15, 0.2) is 18.2 Å². The van der Waals surface area contributed by atoms with Gasteiger partial charge in [0.25, 0.3) is 0 Å². The molecule has 1 unspecified atom stereocenters. The van der Waals surface area contributed by atoms with Gasteiger partial charge >= 0.3 is 0 Å². The largest absolute Gasteiger partial charge is 0.389 e. The summed E-state index contributed by atoms with van der Waals surface area (Å²) in [7, 11) is 0. The summed E-state index contributed by atoms with van der Waals surface area (Å²) in [5.41, 5.74) is 6.98. The normalized spacial score (nSPS) is 21.1. The number of nitrogens with two attached hydrogens (primary N) is 1. The Kier molecular flexibility index (Phi) is 4.88. The van der Waals surface area contributed by atoms with E-state index in [0.29, 0.717) is 11.6 Å². The SMILES string of the molecule is CC1CCCCCN1Cc1ccc(F)c(C(N)=S)c1. The zero-order valence-electron chi connectivity index (χ0n) is 11.4. The van der Waals surface area contributed by atoms with Crippen molar-refractivity contribution in [2.24, 2.45) is 5.73 Å². The third-order valence-electron chi connectivity index (χ3n) is 3.87. The van der Waals surface area contributed by atoms with Crippen molar-refractivity contribution < 1.29 is 4.39 Å². The smallest absolute Gasteiger partial charge is 0.133 e. The van der Waals surface area contributed by atoms with Gasteiger partial charge in [0, 0.05) is 18.2 Å². The average molecular weight is 280 g/mol. The molecule has 1 atom stereocenters. The molecule has 0 saturated carbocycles. The molecule has 0 bridgehead atoms. The summed E-state index contributed by atoms with van der Waals surface area (Å²) >= 11 is 4.88. The fraction of sp³-hybridized carbons (Fsp3) is 0.533. The van der Waals surface area contributed by atoms with Crippen molar-refractivity contribution in [1.82, 2.24) is 4.90 Å². The highest BCUT2D eigenvalue weighted by Crippen LogP contribution is 2.20. The number of hydrogen-bond acceptors (Lipinski definition) is 2. The molecule has 2 rings (SSSR count). The number of halogens is 1. The zero-order valence-corrected chi connectivity index (χ0v) is 12.2. The summed E-state index contributed by atoms with van der Waals surface area (Å²) in [4.78, 5) is 2.59. The van der Waals surface area contributed by atoms with Crippen LogP contribution in [0.4, 0.5) is 4.39 Å². The van der Waals surface area contributed by atoms with Crippen LogP contribution in [0.5, 0.6) is 0 Å². The van der Waals surface area contributed by atoms with Gasteiger partial charge in [-0.3, -0.25) is 4.90 Å². The van der Waals surface area contributed by atoms with Crippen molar-refractivity contribution in [3.63, 3.8) is 0 Å². The van der Waals surface area contributed by atoms with Crippen LogP contribution in [0.1, 0.15) is 43.7 Å². The lowest BCUT2D eigenvalue weighted by Gasteiger charge is -2.27. The Balaban J connectivity index is 2.13. The van der Waals surface area contributed by atoms with Crippen molar-refractivity contribution in [2.45, 2.75) is 45.2 Å². The number of rotatable bonds is 3. The lowest BCUT2D eigenvalue weighted by molar-refractivity contribution is 0.205. The number of benzene rings is 1. The first-order chi connectivity index (χ1) is 9.08. The first kappa shape index (κ1) is 14.4. The molecule has 0 spiro atoms. The second kappa shape index (κ2) is 6.44. The molecule has 2 nitrogen and oxygen atoms in total. The molecule has 19 heavy (non-hydrogen) atoms. The Bertz CT molecular complexity index is 461. The van der Waals surface area contributed by atoms with Crippen LogP contribution in [0.2, 0.25) is 0 Å². The number of thiocarbonyl (C=S) groups is 1. The Morgan fingerprint density at radius 1 is 1.42 bits per heavy atom. The minimum atomic E-state index is -0.333. The molecule has 0 aromatic heterocycles. The van der Waals surface area contributed by atoms with E-state index in [9.17, 15) is 4.39 Å². The predicted octanol–water partition coefficient (Wildman–Crippen LogP) is 3.22. The topological polar surface area (TPSA) is 29.3 Å². The summed E-state index contributed by atoms with van der Waals surface area (Å²) in [5.74, 6) is -0.333. The fourth-order valence-corrected chi connectivity index (χ4v) is 2.82. The molecule has 104 valence electrons. The third-order valence-corrected chi connectivity index (χ3v) is 4.09. The number of nitrogens with zero attached hydrogens (tertiary/aromatic N) is 1. The van der Waals surface area contributed by atoms with E-state index in [1.165, 1.54) is 31.7 Å². The van der Waals surface area contributed by atoms with E-state index in [4.69, 9.17) is 18.0 Å². The van der Waals surface area contributed by atoms with Gasteiger partial charge in [-0.05, 0) is 44.0 Å². The minimum absolute atomic E-state index is 0.128. The molecule has 1 aliphatic rings. The van der Waals surface area contributed by atoms with Crippen LogP contribution in [0, 0.1) is 5.82 Å². The summed E-state index contributed by atoms with van der Waals surface area (Å²) in [6.07, 6.45) is 5.10. The Hall–Kier alpha value is -1.00. The second-order valence-electron chi connectivity index (χ2n) is 5.35. The molecule has 1 fully saturated rings. The van der Waals surface area contributed by atoms with Crippen molar-refractivity contribution >= 4 is 17.2 Å². The Labute approximate surface area is 119 Å². The molecular weight excluding hydrogens is 259 g/mol. The molecule has 0 radical (unpaired) electrons. The quantitative estimate of drug-likeness (QED) is 0.862. The van der Waals surface area contributed by atoms with Crippen molar-refractivity contribution in [1.29, 1.82) is 0 Å². The van der Waals surface area contributed by atoms with Gasteiger partial charge in [0.1, 0.15) is 10.8 Å². The highest BCUT2D eigenvalue weighted by Gasteiger charge is 2.17. The zero-order chi connectivity index (χ0) is 13.8. The van der Waals surface area contributed by atoms with E-state index in [1.54, 1.807) is 6.07 Å². The van der Waals surface area contributed by atoms with E-state index in [0.717, 1.165) is 18.7 Å². The average Bonchev–Trinajstić information content (AvgIpc) is 2.57. The second-order valence-corrected chi connectivity index (χ2v) is 5.79. The van der Waals surface area contributed by atoms with Crippen LogP contribution in [-0.4, -0.2) is 22.5 Å². The monoisotopic (exact) mass is 280 g/mol. The minimum Gasteiger partial charge on any atom is -0.389 e. The van der Waals surface area contributed by atoms with Crippen LogP contribution in [0.3, 0.4) is 0 Å². The van der Waals surface area contributed by atoms with Crippen LogP contribution >= 0.6 is 12.2 Å². The van der Waals surface area contributed by atoms with Gasteiger partial charge in [-0.15, -0.1) is 0 Å². The summed E-state index contributed by atoms with van der Waals surface area (Å²) in [5, 5.41) is 0. The Morgan fingerprint density at radius 2 is 2.21 bits per heavy atom. The van der Waals surface area contributed by atoms with E-state index < -0.39 is 0 Å². The standard InChI is InChI=1S/C15H21FN2S/c1-11-5-3-2-4-8-18(11)10-12-6-7-14(16)13(9-12)15(17)19/h6-7,9,11H,2-5,8,10H2,1H3,(H2,17,19). The highest BCUT2D eigenvalue weighted by molar-refractivity contribution is 7.80.